The Hall–Kier alpha value is -4.17. The molecule has 4 aromatic rings. The number of halogens is 1. The van der Waals surface area contributed by atoms with Crippen molar-refractivity contribution < 1.29 is 18.7 Å². The molecule has 1 amide bonds. The molecule has 0 bridgehead atoms. The van der Waals surface area contributed by atoms with Gasteiger partial charge in [0.05, 0.1) is 30.4 Å². The van der Waals surface area contributed by atoms with E-state index in [2.05, 4.69) is 14.9 Å². The molecular weight excluding hydrogens is 435 g/mol. The highest BCUT2D eigenvalue weighted by Crippen LogP contribution is 2.27. The molecule has 0 unspecified atom stereocenters. The molecule has 3 aromatic carbocycles. The number of carbonyl (C=O) groups excluding carboxylic acids is 2. The van der Waals surface area contributed by atoms with E-state index in [4.69, 9.17) is 10.5 Å². The van der Waals surface area contributed by atoms with Crippen LogP contribution in [-0.4, -0.2) is 48.0 Å². The van der Waals surface area contributed by atoms with Crippen LogP contribution >= 0.6 is 0 Å². The normalized spacial score (nSPS) is 13.7. The Kier molecular flexibility index (Phi) is 5.73. The lowest BCUT2D eigenvalue weighted by atomic mass is 9.95. The van der Waals surface area contributed by atoms with E-state index in [1.165, 1.54) is 12.1 Å². The number of ketones is 1. The fourth-order valence-electron chi connectivity index (χ4n) is 4.08. The van der Waals surface area contributed by atoms with Crippen LogP contribution < -0.4 is 10.6 Å². The fraction of sp³-hybridized carbons (Fsp3) is 0.154. The molecule has 0 radical (unpaired) electrons. The summed E-state index contributed by atoms with van der Waals surface area (Å²) < 4.78 is 19.9. The van der Waals surface area contributed by atoms with E-state index in [1.807, 2.05) is 0 Å². The summed E-state index contributed by atoms with van der Waals surface area (Å²) in [4.78, 5) is 36.3. The number of nitrogens with zero attached hydrogens (tertiary/aromatic N) is 3. The second-order valence-electron chi connectivity index (χ2n) is 8.00. The van der Waals surface area contributed by atoms with Crippen LogP contribution in [0, 0.1) is 5.82 Å². The molecule has 5 rings (SSSR count). The number of fused-ring (bicyclic) bond motifs is 1. The molecule has 2 heterocycles. The van der Waals surface area contributed by atoms with Crippen molar-refractivity contribution >= 4 is 28.5 Å². The Bertz CT molecular complexity index is 1420. The lowest BCUT2D eigenvalue weighted by Crippen LogP contribution is -2.36. The largest absolute Gasteiger partial charge is 0.378 e. The van der Waals surface area contributed by atoms with E-state index in [-0.39, 0.29) is 16.9 Å². The highest BCUT2D eigenvalue weighted by Gasteiger charge is 2.17. The highest BCUT2D eigenvalue weighted by atomic mass is 19.1. The molecule has 0 aliphatic carbocycles. The Morgan fingerprint density at radius 2 is 1.74 bits per heavy atom. The molecule has 1 fully saturated rings. The van der Waals surface area contributed by atoms with Gasteiger partial charge in [0.25, 0.3) is 0 Å². The number of amides is 1. The number of ether oxygens (including phenoxy) is 1. The number of hydrogen-bond acceptors (Lipinski definition) is 6. The second kappa shape index (κ2) is 8.99. The van der Waals surface area contributed by atoms with E-state index in [0.29, 0.717) is 40.9 Å². The monoisotopic (exact) mass is 456 g/mol. The third-order valence-corrected chi connectivity index (χ3v) is 5.79. The van der Waals surface area contributed by atoms with Crippen LogP contribution in [0.5, 0.6) is 0 Å². The maximum atomic E-state index is 14.5. The molecule has 170 valence electrons. The van der Waals surface area contributed by atoms with Gasteiger partial charge in [-0.1, -0.05) is 18.2 Å². The predicted molar refractivity (Wildman–Crippen MR) is 126 cm³/mol. The highest BCUT2D eigenvalue weighted by molar-refractivity contribution is 6.11. The third kappa shape index (κ3) is 4.23. The van der Waals surface area contributed by atoms with E-state index in [1.54, 1.807) is 54.7 Å². The van der Waals surface area contributed by atoms with Gasteiger partial charge in [-0.3, -0.25) is 14.6 Å². The number of morpholine rings is 1. The van der Waals surface area contributed by atoms with Gasteiger partial charge in [0.2, 0.25) is 5.91 Å². The average molecular weight is 456 g/mol. The maximum absolute atomic E-state index is 14.5. The standard InChI is InChI=1S/C26H21FN4O3/c27-19-12-17(20-3-1-2-4-21(20)26(28)33)11-18(13-19)25(32)16-5-6-22-23(14-16)30-24(15-29-22)31-7-9-34-10-8-31/h1-6,11-15H,7-10H2,(H2,28,33). The fourth-order valence-corrected chi connectivity index (χ4v) is 4.08. The van der Waals surface area contributed by atoms with Crippen LogP contribution in [0.1, 0.15) is 26.3 Å². The molecule has 1 saturated heterocycles. The van der Waals surface area contributed by atoms with Crippen LogP contribution in [-0.2, 0) is 4.74 Å². The SMILES string of the molecule is NC(=O)c1ccccc1-c1cc(F)cc(C(=O)c2ccc3ncc(N4CCOCC4)nc3c2)c1. The Morgan fingerprint density at radius 3 is 2.53 bits per heavy atom. The van der Waals surface area contributed by atoms with Gasteiger partial charge < -0.3 is 15.4 Å². The summed E-state index contributed by atoms with van der Waals surface area (Å²) in [5.41, 5.74) is 8.34. The third-order valence-electron chi connectivity index (χ3n) is 5.79. The Labute approximate surface area is 195 Å². The zero-order valence-corrected chi connectivity index (χ0v) is 18.2. The van der Waals surface area contributed by atoms with Crippen LogP contribution in [0.4, 0.5) is 10.2 Å². The van der Waals surface area contributed by atoms with Crippen molar-refractivity contribution in [1.82, 2.24) is 9.97 Å². The lowest BCUT2D eigenvalue weighted by molar-refractivity contribution is 0.0999. The maximum Gasteiger partial charge on any atom is 0.249 e. The van der Waals surface area contributed by atoms with E-state index in [0.717, 1.165) is 18.9 Å². The second-order valence-corrected chi connectivity index (χ2v) is 8.00. The number of nitrogens with two attached hydrogens (primary N) is 1. The molecule has 0 atom stereocenters. The van der Waals surface area contributed by atoms with Gasteiger partial charge in [-0.05, 0) is 53.6 Å². The zero-order valence-electron chi connectivity index (χ0n) is 18.2. The number of primary amides is 1. The van der Waals surface area contributed by atoms with Crippen LogP contribution in [0.15, 0.2) is 66.9 Å². The number of benzene rings is 3. The van der Waals surface area contributed by atoms with Gasteiger partial charge in [-0.2, -0.15) is 0 Å². The molecule has 2 N–H and O–H groups in total. The predicted octanol–water partition coefficient (Wildman–Crippen LogP) is 3.60. The summed E-state index contributed by atoms with van der Waals surface area (Å²) in [6.07, 6.45) is 1.71. The van der Waals surface area contributed by atoms with Crippen molar-refractivity contribution in [2.75, 3.05) is 31.2 Å². The van der Waals surface area contributed by atoms with Crippen LogP contribution in [0.3, 0.4) is 0 Å². The van der Waals surface area contributed by atoms with Gasteiger partial charge in [-0.15, -0.1) is 0 Å². The topological polar surface area (TPSA) is 98.4 Å². The lowest BCUT2D eigenvalue weighted by Gasteiger charge is -2.27. The molecule has 0 saturated carbocycles. The summed E-state index contributed by atoms with van der Waals surface area (Å²) >= 11 is 0. The van der Waals surface area contributed by atoms with Crippen molar-refractivity contribution in [3.8, 4) is 11.1 Å². The number of carbonyl (C=O) groups is 2. The first-order valence-corrected chi connectivity index (χ1v) is 10.8. The van der Waals surface area contributed by atoms with Crippen LogP contribution in [0.25, 0.3) is 22.2 Å². The van der Waals surface area contributed by atoms with Crippen molar-refractivity contribution in [1.29, 1.82) is 0 Å². The Balaban J connectivity index is 1.52. The molecule has 34 heavy (non-hydrogen) atoms. The summed E-state index contributed by atoms with van der Waals surface area (Å²) in [5.74, 6) is -0.860. The van der Waals surface area contributed by atoms with Gasteiger partial charge in [0.1, 0.15) is 11.6 Å². The average Bonchev–Trinajstić information content (AvgIpc) is 2.87. The first-order chi connectivity index (χ1) is 16.5. The first kappa shape index (κ1) is 21.7. The van der Waals surface area contributed by atoms with Gasteiger partial charge in [0.15, 0.2) is 5.78 Å². The Morgan fingerprint density at radius 1 is 0.941 bits per heavy atom. The summed E-state index contributed by atoms with van der Waals surface area (Å²) in [6.45, 7) is 2.69. The van der Waals surface area contributed by atoms with Gasteiger partial charge >= 0.3 is 0 Å². The quantitative estimate of drug-likeness (QED) is 0.461. The molecule has 1 aliphatic rings. The smallest absolute Gasteiger partial charge is 0.249 e. The molecule has 8 heteroatoms. The number of aromatic nitrogens is 2. The molecular formula is C26H21FN4O3. The number of anilines is 1. The molecule has 1 aromatic heterocycles. The summed E-state index contributed by atoms with van der Waals surface area (Å²) in [5, 5.41) is 0. The van der Waals surface area contributed by atoms with Crippen molar-refractivity contribution in [2.45, 2.75) is 0 Å². The van der Waals surface area contributed by atoms with E-state index in [9.17, 15) is 14.0 Å². The van der Waals surface area contributed by atoms with Crippen molar-refractivity contribution in [3.63, 3.8) is 0 Å². The minimum atomic E-state index is -0.628. The van der Waals surface area contributed by atoms with E-state index >= 15 is 0 Å². The molecule has 0 spiro atoms. The van der Waals surface area contributed by atoms with Crippen LogP contribution in [0.2, 0.25) is 0 Å². The minimum Gasteiger partial charge on any atom is -0.378 e. The molecule has 1 aliphatic heterocycles. The number of hydrogen-bond donors (Lipinski definition) is 1. The minimum absolute atomic E-state index is 0.158. The molecule has 7 nitrogen and oxygen atoms in total. The van der Waals surface area contributed by atoms with Gasteiger partial charge in [-0.25, -0.2) is 9.37 Å². The zero-order chi connectivity index (χ0) is 23.7. The van der Waals surface area contributed by atoms with Crippen molar-refractivity contribution in [2.24, 2.45) is 5.73 Å². The van der Waals surface area contributed by atoms with Gasteiger partial charge in [0, 0.05) is 29.8 Å². The first-order valence-electron chi connectivity index (χ1n) is 10.8. The van der Waals surface area contributed by atoms with Crippen molar-refractivity contribution in [3.05, 3.63) is 89.4 Å². The van der Waals surface area contributed by atoms with E-state index < -0.39 is 11.7 Å². The number of rotatable bonds is 5. The summed E-state index contributed by atoms with van der Waals surface area (Å²) in [7, 11) is 0. The summed E-state index contributed by atoms with van der Waals surface area (Å²) in [6, 6.07) is 15.7.